The molecule has 0 aliphatic heterocycles. The molecule has 4 nitrogen and oxygen atoms in total. The number of hydrogen-bond donors (Lipinski definition) is 4. The molecular formula is C3H12N4. The molecule has 0 radical (unpaired) electrons. The van der Waals surface area contributed by atoms with Crippen molar-refractivity contribution in [3.63, 3.8) is 0 Å². The SMILES string of the molecule is NCC(N)CNN. The van der Waals surface area contributed by atoms with Gasteiger partial charge in [-0.15, -0.1) is 0 Å². The molecule has 0 aliphatic carbocycles. The molecule has 0 rings (SSSR count). The van der Waals surface area contributed by atoms with Crippen LogP contribution in [0.4, 0.5) is 0 Å². The van der Waals surface area contributed by atoms with E-state index in [-0.39, 0.29) is 6.04 Å². The highest BCUT2D eigenvalue weighted by Gasteiger charge is 1.92. The Kier molecular flexibility index (Phi) is 3.92. The molecule has 7 N–H and O–H groups in total. The molecule has 0 fully saturated rings. The van der Waals surface area contributed by atoms with E-state index in [1.165, 1.54) is 0 Å². The number of rotatable bonds is 3. The summed E-state index contributed by atoms with van der Waals surface area (Å²) in [5.74, 6) is 4.92. The Labute approximate surface area is 43.0 Å². The Morgan fingerprint density at radius 2 is 2.14 bits per heavy atom. The number of nitrogens with two attached hydrogens (primary N) is 3. The third kappa shape index (κ3) is 3.68. The van der Waals surface area contributed by atoms with E-state index < -0.39 is 0 Å². The van der Waals surface area contributed by atoms with Crippen molar-refractivity contribution in [2.75, 3.05) is 13.1 Å². The fourth-order valence-electron chi connectivity index (χ4n) is 0.235. The second-order valence-electron chi connectivity index (χ2n) is 1.40. The van der Waals surface area contributed by atoms with Crippen LogP contribution in [0.3, 0.4) is 0 Å². The third-order valence-corrected chi connectivity index (χ3v) is 0.683. The van der Waals surface area contributed by atoms with Crippen LogP contribution < -0.4 is 22.7 Å². The Bertz CT molecular complexity index is 37.9. The lowest BCUT2D eigenvalue weighted by Crippen LogP contribution is -2.42. The van der Waals surface area contributed by atoms with Crippen molar-refractivity contribution >= 4 is 0 Å². The van der Waals surface area contributed by atoms with Crippen molar-refractivity contribution in [1.29, 1.82) is 0 Å². The van der Waals surface area contributed by atoms with Crippen LogP contribution in [0.2, 0.25) is 0 Å². The van der Waals surface area contributed by atoms with Gasteiger partial charge in [0.25, 0.3) is 0 Å². The quantitative estimate of drug-likeness (QED) is 0.240. The van der Waals surface area contributed by atoms with Gasteiger partial charge >= 0.3 is 0 Å². The molecule has 0 spiro atoms. The normalized spacial score (nSPS) is 14.1. The Morgan fingerprint density at radius 1 is 1.57 bits per heavy atom. The largest absolute Gasteiger partial charge is 0.329 e. The van der Waals surface area contributed by atoms with Crippen LogP contribution in [0, 0.1) is 0 Å². The van der Waals surface area contributed by atoms with Crippen LogP contribution in [-0.4, -0.2) is 19.1 Å². The Morgan fingerprint density at radius 3 is 2.29 bits per heavy atom. The van der Waals surface area contributed by atoms with Crippen LogP contribution in [0.25, 0.3) is 0 Å². The highest BCUT2D eigenvalue weighted by molar-refractivity contribution is 4.60. The minimum absolute atomic E-state index is 0.00926. The fourth-order valence-corrected chi connectivity index (χ4v) is 0.235. The summed E-state index contributed by atoms with van der Waals surface area (Å²) < 4.78 is 0. The molecule has 0 bridgehead atoms. The van der Waals surface area contributed by atoms with Gasteiger partial charge in [-0.2, -0.15) is 0 Å². The molecule has 1 atom stereocenters. The van der Waals surface area contributed by atoms with Crippen molar-refractivity contribution in [3.8, 4) is 0 Å². The van der Waals surface area contributed by atoms with Crippen LogP contribution in [0.15, 0.2) is 0 Å². The zero-order valence-corrected chi connectivity index (χ0v) is 4.22. The van der Waals surface area contributed by atoms with E-state index in [1.54, 1.807) is 0 Å². The summed E-state index contributed by atoms with van der Waals surface area (Å²) in [5.41, 5.74) is 12.9. The average Bonchev–Trinajstić information content (AvgIpc) is 1.68. The predicted molar refractivity (Wildman–Crippen MR) is 29.2 cm³/mol. The summed E-state index contributed by atoms with van der Waals surface area (Å²) in [5, 5.41) is 0. The molecule has 44 valence electrons. The Balaban J connectivity index is 2.83. The minimum Gasteiger partial charge on any atom is -0.329 e. The molecule has 0 aliphatic rings. The number of nitrogens with one attached hydrogen (secondary N) is 1. The van der Waals surface area contributed by atoms with Gasteiger partial charge in [0.1, 0.15) is 0 Å². The van der Waals surface area contributed by atoms with Gasteiger partial charge in [-0.25, -0.2) is 0 Å². The van der Waals surface area contributed by atoms with Crippen molar-refractivity contribution in [1.82, 2.24) is 5.43 Å². The first-order valence-electron chi connectivity index (χ1n) is 2.20. The second kappa shape index (κ2) is 4.01. The maximum absolute atomic E-state index is 5.32. The van der Waals surface area contributed by atoms with E-state index in [9.17, 15) is 0 Å². The number of hydrogen-bond acceptors (Lipinski definition) is 4. The van der Waals surface area contributed by atoms with Crippen molar-refractivity contribution in [3.05, 3.63) is 0 Å². The van der Waals surface area contributed by atoms with Crippen LogP contribution in [0.5, 0.6) is 0 Å². The highest BCUT2D eigenvalue weighted by atomic mass is 15.2. The van der Waals surface area contributed by atoms with Crippen molar-refractivity contribution in [2.24, 2.45) is 17.3 Å². The standard InChI is InChI=1S/C3H12N4/c4-1-3(5)2-7-6/h3,7H,1-2,4-6H2. The van der Waals surface area contributed by atoms with E-state index in [4.69, 9.17) is 17.3 Å². The molecule has 1 unspecified atom stereocenters. The molecule has 0 aromatic rings. The Hall–Kier alpha value is -0.160. The maximum Gasteiger partial charge on any atom is 0.0304 e. The van der Waals surface area contributed by atoms with Gasteiger partial charge in [0, 0.05) is 19.1 Å². The summed E-state index contributed by atoms with van der Waals surface area (Å²) in [6.07, 6.45) is 0. The summed E-state index contributed by atoms with van der Waals surface area (Å²) in [7, 11) is 0. The average molecular weight is 104 g/mol. The smallest absolute Gasteiger partial charge is 0.0304 e. The first-order chi connectivity index (χ1) is 3.31. The maximum atomic E-state index is 5.32. The predicted octanol–water partition coefficient (Wildman–Crippen LogP) is -2.26. The van der Waals surface area contributed by atoms with Gasteiger partial charge in [0.05, 0.1) is 0 Å². The first-order valence-corrected chi connectivity index (χ1v) is 2.20. The molecule has 0 saturated heterocycles. The summed E-state index contributed by atoms with van der Waals surface area (Å²) in [4.78, 5) is 0. The van der Waals surface area contributed by atoms with Crippen LogP contribution in [0.1, 0.15) is 0 Å². The lowest BCUT2D eigenvalue weighted by Gasteiger charge is -2.04. The molecule has 4 heteroatoms. The zero-order valence-electron chi connectivity index (χ0n) is 4.22. The fraction of sp³-hybridized carbons (Fsp3) is 1.00. The van der Waals surface area contributed by atoms with Crippen LogP contribution in [-0.2, 0) is 0 Å². The highest BCUT2D eigenvalue weighted by Crippen LogP contribution is 1.63. The van der Waals surface area contributed by atoms with E-state index in [0.29, 0.717) is 13.1 Å². The van der Waals surface area contributed by atoms with E-state index in [1.807, 2.05) is 0 Å². The minimum atomic E-state index is -0.00926. The molecule has 0 aromatic heterocycles. The zero-order chi connectivity index (χ0) is 5.70. The van der Waals surface area contributed by atoms with Gasteiger partial charge in [0.15, 0.2) is 0 Å². The molecular weight excluding hydrogens is 92.1 g/mol. The van der Waals surface area contributed by atoms with E-state index in [0.717, 1.165) is 0 Å². The molecule has 0 heterocycles. The monoisotopic (exact) mass is 104 g/mol. The van der Waals surface area contributed by atoms with Gasteiger partial charge in [0.2, 0.25) is 0 Å². The lowest BCUT2D eigenvalue weighted by molar-refractivity contribution is 0.600. The topological polar surface area (TPSA) is 90.1 Å². The van der Waals surface area contributed by atoms with Crippen molar-refractivity contribution in [2.45, 2.75) is 6.04 Å². The van der Waals surface area contributed by atoms with Gasteiger partial charge in [-0.1, -0.05) is 0 Å². The number of hydrazine groups is 1. The summed E-state index contributed by atoms with van der Waals surface area (Å²) in [6.45, 7) is 1.06. The molecule has 7 heavy (non-hydrogen) atoms. The first kappa shape index (κ1) is 6.84. The molecule has 0 aromatic carbocycles. The van der Waals surface area contributed by atoms with Gasteiger partial charge < -0.3 is 11.5 Å². The van der Waals surface area contributed by atoms with Gasteiger partial charge in [-0.3, -0.25) is 11.3 Å². The van der Waals surface area contributed by atoms with Gasteiger partial charge in [-0.05, 0) is 0 Å². The second-order valence-corrected chi connectivity index (χ2v) is 1.40. The molecule has 0 amide bonds. The van der Waals surface area contributed by atoms with Crippen molar-refractivity contribution < 1.29 is 0 Å². The van der Waals surface area contributed by atoms with Crippen LogP contribution >= 0.6 is 0 Å². The third-order valence-electron chi connectivity index (χ3n) is 0.683. The molecule has 0 saturated carbocycles. The summed E-state index contributed by atoms with van der Waals surface area (Å²) >= 11 is 0. The summed E-state index contributed by atoms with van der Waals surface area (Å²) in [6, 6.07) is -0.00926. The van der Waals surface area contributed by atoms with E-state index >= 15 is 0 Å². The lowest BCUT2D eigenvalue weighted by atomic mass is 10.3. The van der Waals surface area contributed by atoms with E-state index in [2.05, 4.69) is 5.43 Å².